The van der Waals surface area contributed by atoms with Crippen molar-refractivity contribution in [3.8, 4) is 0 Å². The molecular formula is C9H19NO2. The van der Waals surface area contributed by atoms with Crippen molar-refractivity contribution in [3.05, 3.63) is 0 Å². The van der Waals surface area contributed by atoms with Gasteiger partial charge in [-0.05, 0) is 25.2 Å². The first-order chi connectivity index (χ1) is 5.76. The summed E-state index contributed by atoms with van der Waals surface area (Å²) in [5.41, 5.74) is 0. The van der Waals surface area contributed by atoms with Gasteiger partial charge in [0, 0.05) is 6.04 Å². The molecule has 0 radical (unpaired) electrons. The summed E-state index contributed by atoms with van der Waals surface area (Å²) < 4.78 is 0. The summed E-state index contributed by atoms with van der Waals surface area (Å²) in [6.45, 7) is 2.30. The van der Waals surface area contributed by atoms with Gasteiger partial charge in [-0.25, -0.2) is 0 Å². The van der Waals surface area contributed by atoms with E-state index in [1.54, 1.807) is 0 Å². The maximum atomic E-state index is 8.83. The van der Waals surface area contributed by atoms with E-state index in [1.165, 1.54) is 19.3 Å². The van der Waals surface area contributed by atoms with Gasteiger partial charge in [-0.15, -0.1) is 0 Å². The maximum absolute atomic E-state index is 8.83. The largest absolute Gasteiger partial charge is 0.395 e. The van der Waals surface area contributed by atoms with E-state index in [0.29, 0.717) is 6.04 Å². The molecule has 1 fully saturated rings. The van der Waals surface area contributed by atoms with Gasteiger partial charge in [0.2, 0.25) is 0 Å². The van der Waals surface area contributed by atoms with Crippen LogP contribution in [0.15, 0.2) is 0 Å². The first-order valence-electron chi connectivity index (χ1n) is 4.74. The molecule has 12 heavy (non-hydrogen) atoms. The SMILES string of the molecule is C[C@@H]1CC[C@@H](NC(CO)CO)C1. The average Bonchev–Trinajstić information content (AvgIpc) is 2.47. The minimum absolute atomic E-state index is 0.0291. The van der Waals surface area contributed by atoms with Crippen LogP contribution in [0.5, 0.6) is 0 Å². The van der Waals surface area contributed by atoms with E-state index >= 15 is 0 Å². The molecular weight excluding hydrogens is 154 g/mol. The molecule has 0 bridgehead atoms. The van der Waals surface area contributed by atoms with Gasteiger partial charge in [0.15, 0.2) is 0 Å². The Labute approximate surface area is 73.8 Å². The van der Waals surface area contributed by atoms with Crippen molar-refractivity contribution >= 4 is 0 Å². The molecule has 0 aromatic carbocycles. The lowest BCUT2D eigenvalue weighted by Crippen LogP contribution is -2.41. The number of aliphatic hydroxyl groups is 2. The summed E-state index contributed by atoms with van der Waals surface area (Å²) in [6.07, 6.45) is 3.62. The Morgan fingerprint density at radius 3 is 2.42 bits per heavy atom. The van der Waals surface area contributed by atoms with Crippen LogP contribution in [-0.2, 0) is 0 Å². The van der Waals surface area contributed by atoms with Gasteiger partial charge in [-0.3, -0.25) is 0 Å². The van der Waals surface area contributed by atoms with Crippen LogP contribution >= 0.6 is 0 Å². The number of rotatable bonds is 4. The normalized spacial score (nSPS) is 30.0. The monoisotopic (exact) mass is 173 g/mol. The van der Waals surface area contributed by atoms with E-state index in [1.807, 2.05) is 0 Å². The third kappa shape index (κ3) is 2.73. The van der Waals surface area contributed by atoms with Crippen LogP contribution in [0, 0.1) is 5.92 Å². The molecule has 0 aromatic heterocycles. The van der Waals surface area contributed by atoms with Gasteiger partial charge in [0.1, 0.15) is 0 Å². The molecule has 3 nitrogen and oxygen atoms in total. The van der Waals surface area contributed by atoms with Gasteiger partial charge in [0.25, 0.3) is 0 Å². The Morgan fingerprint density at radius 1 is 1.33 bits per heavy atom. The third-order valence-corrected chi connectivity index (χ3v) is 2.61. The summed E-state index contributed by atoms with van der Waals surface area (Å²) in [5.74, 6) is 0.792. The van der Waals surface area contributed by atoms with E-state index in [0.717, 1.165) is 5.92 Å². The number of nitrogens with one attached hydrogen (secondary N) is 1. The van der Waals surface area contributed by atoms with Crippen LogP contribution in [0.3, 0.4) is 0 Å². The molecule has 0 spiro atoms. The Hall–Kier alpha value is -0.120. The summed E-state index contributed by atoms with van der Waals surface area (Å²) in [7, 11) is 0. The van der Waals surface area contributed by atoms with Gasteiger partial charge in [-0.2, -0.15) is 0 Å². The molecule has 3 heteroatoms. The smallest absolute Gasteiger partial charge is 0.0607 e. The first-order valence-corrected chi connectivity index (χ1v) is 4.74. The lowest BCUT2D eigenvalue weighted by Gasteiger charge is -2.18. The van der Waals surface area contributed by atoms with Crippen molar-refractivity contribution in [2.24, 2.45) is 5.92 Å². The maximum Gasteiger partial charge on any atom is 0.0607 e. The van der Waals surface area contributed by atoms with Gasteiger partial charge in [0.05, 0.1) is 19.3 Å². The Balaban J connectivity index is 2.21. The van der Waals surface area contributed by atoms with Crippen LogP contribution in [0.1, 0.15) is 26.2 Å². The lowest BCUT2D eigenvalue weighted by molar-refractivity contribution is 0.161. The van der Waals surface area contributed by atoms with E-state index in [4.69, 9.17) is 10.2 Å². The molecule has 0 aliphatic heterocycles. The fraction of sp³-hybridized carbons (Fsp3) is 1.00. The van der Waals surface area contributed by atoms with Crippen molar-refractivity contribution in [1.29, 1.82) is 0 Å². The molecule has 0 unspecified atom stereocenters. The minimum atomic E-state index is -0.125. The zero-order chi connectivity index (χ0) is 8.97. The van der Waals surface area contributed by atoms with Gasteiger partial charge >= 0.3 is 0 Å². The third-order valence-electron chi connectivity index (χ3n) is 2.61. The highest BCUT2D eigenvalue weighted by atomic mass is 16.3. The molecule has 1 aliphatic rings. The second-order valence-electron chi connectivity index (χ2n) is 3.84. The molecule has 2 atom stereocenters. The Morgan fingerprint density at radius 2 is 2.00 bits per heavy atom. The quantitative estimate of drug-likeness (QED) is 0.566. The summed E-state index contributed by atoms with van der Waals surface area (Å²) in [4.78, 5) is 0. The van der Waals surface area contributed by atoms with Crippen LogP contribution in [0.4, 0.5) is 0 Å². The van der Waals surface area contributed by atoms with Crippen molar-refractivity contribution in [2.75, 3.05) is 13.2 Å². The van der Waals surface area contributed by atoms with E-state index in [-0.39, 0.29) is 19.3 Å². The topological polar surface area (TPSA) is 52.5 Å². The molecule has 1 saturated carbocycles. The van der Waals surface area contributed by atoms with Crippen molar-refractivity contribution < 1.29 is 10.2 Å². The van der Waals surface area contributed by atoms with E-state index in [9.17, 15) is 0 Å². The highest BCUT2D eigenvalue weighted by molar-refractivity contribution is 4.81. The number of aliphatic hydroxyl groups excluding tert-OH is 2. The highest BCUT2D eigenvalue weighted by Crippen LogP contribution is 2.24. The minimum Gasteiger partial charge on any atom is -0.395 e. The van der Waals surface area contributed by atoms with Crippen LogP contribution in [-0.4, -0.2) is 35.5 Å². The van der Waals surface area contributed by atoms with Gasteiger partial charge < -0.3 is 15.5 Å². The Kier molecular flexibility index (Phi) is 3.98. The average molecular weight is 173 g/mol. The second-order valence-corrected chi connectivity index (χ2v) is 3.84. The Bertz CT molecular complexity index is 126. The fourth-order valence-electron chi connectivity index (χ4n) is 1.85. The van der Waals surface area contributed by atoms with Crippen molar-refractivity contribution in [1.82, 2.24) is 5.32 Å². The predicted octanol–water partition coefficient (Wildman–Crippen LogP) is 0.118. The van der Waals surface area contributed by atoms with E-state index < -0.39 is 0 Å². The molecule has 1 rings (SSSR count). The number of hydrogen-bond donors (Lipinski definition) is 3. The van der Waals surface area contributed by atoms with Gasteiger partial charge in [-0.1, -0.05) is 6.92 Å². The standard InChI is InChI=1S/C9H19NO2/c1-7-2-3-8(4-7)10-9(5-11)6-12/h7-12H,2-6H2,1H3/t7-,8-/m1/s1. The molecule has 0 saturated heterocycles. The lowest BCUT2D eigenvalue weighted by atomic mass is 10.1. The van der Waals surface area contributed by atoms with Crippen LogP contribution in [0.2, 0.25) is 0 Å². The molecule has 0 amide bonds. The summed E-state index contributed by atoms with van der Waals surface area (Å²) in [5, 5.41) is 20.9. The molecule has 0 aromatic rings. The van der Waals surface area contributed by atoms with Crippen LogP contribution in [0.25, 0.3) is 0 Å². The molecule has 0 heterocycles. The zero-order valence-corrected chi connectivity index (χ0v) is 7.66. The van der Waals surface area contributed by atoms with Crippen molar-refractivity contribution in [2.45, 2.75) is 38.3 Å². The molecule has 3 N–H and O–H groups in total. The second kappa shape index (κ2) is 4.80. The molecule has 1 aliphatic carbocycles. The zero-order valence-electron chi connectivity index (χ0n) is 7.66. The van der Waals surface area contributed by atoms with Crippen molar-refractivity contribution in [3.63, 3.8) is 0 Å². The highest BCUT2D eigenvalue weighted by Gasteiger charge is 2.22. The van der Waals surface area contributed by atoms with E-state index in [2.05, 4.69) is 12.2 Å². The molecule has 72 valence electrons. The number of hydrogen-bond acceptors (Lipinski definition) is 3. The first kappa shape index (κ1) is 9.96. The van der Waals surface area contributed by atoms with Crippen LogP contribution < -0.4 is 5.32 Å². The predicted molar refractivity (Wildman–Crippen MR) is 47.9 cm³/mol. The summed E-state index contributed by atoms with van der Waals surface area (Å²) in [6, 6.07) is 0.379. The fourth-order valence-corrected chi connectivity index (χ4v) is 1.85. The summed E-state index contributed by atoms with van der Waals surface area (Å²) >= 11 is 0.